The maximum Gasteiger partial charge on any atom is 0.143 e. The molecule has 1 fully saturated rings. The standard InChI is InChI=1S/C15H20BrF2N/c1-15(7-3-2-4-8-15)13(19)9-10-12(17)6-5-11(16)14(10)18/h5-6,13H,2-4,7-9,19H2,1H3. The predicted molar refractivity (Wildman–Crippen MR) is 76.9 cm³/mol. The van der Waals surface area contributed by atoms with Gasteiger partial charge in [-0.3, -0.25) is 0 Å². The van der Waals surface area contributed by atoms with Crippen molar-refractivity contribution in [3.8, 4) is 0 Å². The molecule has 2 N–H and O–H groups in total. The first kappa shape index (κ1) is 14.9. The van der Waals surface area contributed by atoms with Gasteiger partial charge in [-0.25, -0.2) is 8.78 Å². The van der Waals surface area contributed by atoms with Crippen molar-refractivity contribution in [1.29, 1.82) is 0 Å². The van der Waals surface area contributed by atoms with E-state index in [4.69, 9.17) is 5.73 Å². The van der Waals surface area contributed by atoms with Crippen molar-refractivity contribution in [1.82, 2.24) is 0 Å². The van der Waals surface area contributed by atoms with Gasteiger partial charge in [-0.15, -0.1) is 0 Å². The first-order valence-corrected chi connectivity index (χ1v) is 7.61. The third-order valence-electron chi connectivity index (χ3n) is 4.45. The van der Waals surface area contributed by atoms with Gasteiger partial charge in [-0.2, -0.15) is 0 Å². The van der Waals surface area contributed by atoms with Crippen molar-refractivity contribution >= 4 is 15.9 Å². The molecule has 19 heavy (non-hydrogen) atoms. The molecule has 106 valence electrons. The summed E-state index contributed by atoms with van der Waals surface area (Å²) in [7, 11) is 0. The minimum absolute atomic E-state index is 0.000548. The van der Waals surface area contributed by atoms with E-state index in [1.54, 1.807) is 0 Å². The lowest BCUT2D eigenvalue weighted by Crippen LogP contribution is -2.42. The Balaban J connectivity index is 2.19. The maximum atomic E-state index is 14.0. The van der Waals surface area contributed by atoms with Gasteiger partial charge in [0, 0.05) is 11.6 Å². The van der Waals surface area contributed by atoms with E-state index in [1.165, 1.54) is 18.6 Å². The van der Waals surface area contributed by atoms with Gasteiger partial charge in [0.1, 0.15) is 11.6 Å². The largest absolute Gasteiger partial charge is 0.327 e. The zero-order valence-electron chi connectivity index (χ0n) is 11.2. The summed E-state index contributed by atoms with van der Waals surface area (Å²) in [6, 6.07) is 2.48. The summed E-state index contributed by atoms with van der Waals surface area (Å²) < 4.78 is 28.0. The van der Waals surface area contributed by atoms with Gasteiger partial charge in [0.15, 0.2) is 0 Å². The molecule has 1 aromatic rings. The fourth-order valence-electron chi connectivity index (χ4n) is 2.95. The molecule has 0 saturated heterocycles. The van der Waals surface area contributed by atoms with Crippen LogP contribution in [-0.2, 0) is 6.42 Å². The molecule has 4 heteroatoms. The fraction of sp³-hybridized carbons (Fsp3) is 0.600. The molecule has 0 aromatic heterocycles. The minimum Gasteiger partial charge on any atom is -0.327 e. The molecule has 1 aliphatic rings. The molecule has 0 radical (unpaired) electrons. The Morgan fingerprint density at radius 3 is 2.53 bits per heavy atom. The highest BCUT2D eigenvalue weighted by Gasteiger charge is 2.34. The average Bonchev–Trinajstić information content (AvgIpc) is 2.40. The van der Waals surface area contributed by atoms with E-state index < -0.39 is 11.6 Å². The van der Waals surface area contributed by atoms with Crippen LogP contribution >= 0.6 is 15.9 Å². The van der Waals surface area contributed by atoms with Gasteiger partial charge in [-0.05, 0) is 52.7 Å². The van der Waals surface area contributed by atoms with Crippen LogP contribution in [0.2, 0.25) is 0 Å². The lowest BCUT2D eigenvalue weighted by molar-refractivity contribution is 0.167. The van der Waals surface area contributed by atoms with Gasteiger partial charge >= 0.3 is 0 Å². The highest BCUT2D eigenvalue weighted by Crippen LogP contribution is 2.39. The second-order valence-electron chi connectivity index (χ2n) is 5.85. The van der Waals surface area contributed by atoms with Crippen molar-refractivity contribution in [3.63, 3.8) is 0 Å². The molecule has 2 rings (SSSR count). The molecular formula is C15H20BrF2N. The number of hydrogen-bond acceptors (Lipinski definition) is 1. The predicted octanol–water partition coefficient (Wildman–Crippen LogP) is 4.57. The normalized spacial score (nSPS) is 20.3. The van der Waals surface area contributed by atoms with Crippen LogP contribution < -0.4 is 5.73 Å². The molecule has 0 amide bonds. The molecule has 1 aliphatic carbocycles. The van der Waals surface area contributed by atoms with Crippen molar-refractivity contribution in [3.05, 3.63) is 33.8 Å². The van der Waals surface area contributed by atoms with E-state index in [2.05, 4.69) is 22.9 Å². The van der Waals surface area contributed by atoms with E-state index >= 15 is 0 Å². The van der Waals surface area contributed by atoms with E-state index in [-0.39, 0.29) is 23.4 Å². The topological polar surface area (TPSA) is 26.0 Å². The van der Waals surface area contributed by atoms with Gasteiger partial charge in [0.2, 0.25) is 0 Å². The molecule has 0 aliphatic heterocycles. The van der Waals surface area contributed by atoms with Gasteiger partial charge in [0.05, 0.1) is 4.47 Å². The number of nitrogens with two attached hydrogens (primary N) is 1. The summed E-state index contributed by atoms with van der Waals surface area (Å²) in [6.45, 7) is 2.14. The van der Waals surface area contributed by atoms with Crippen LogP contribution in [0.15, 0.2) is 16.6 Å². The second-order valence-corrected chi connectivity index (χ2v) is 6.70. The molecule has 1 aromatic carbocycles. The molecular weight excluding hydrogens is 312 g/mol. The van der Waals surface area contributed by atoms with Gasteiger partial charge < -0.3 is 5.73 Å². The van der Waals surface area contributed by atoms with E-state index in [0.29, 0.717) is 4.47 Å². The zero-order valence-corrected chi connectivity index (χ0v) is 12.8. The molecule has 1 unspecified atom stereocenters. The van der Waals surface area contributed by atoms with Crippen LogP contribution in [0, 0.1) is 17.0 Å². The summed E-state index contributed by atoms with van der Waals surface area (Å²) in [5, 5.41) is 0. The number of hydrogen-bond donors (Lipinski definition) is 1. The van der Waals surface area contributed by atoms with Crippen LogP contribution in [-0.4, -0.2) is 6.04 Å². The smallest absolute Gasteiger partial charge is 0.143 e. The van der Waals surface area contributed by atoms with E-state index in [9.17, 15) is 8.78 Å². The molecule has 0 spiro atoms. The highest BCUT2D eigenvalue weighted by molar-refractivity contribution is 9.10. The Bertz CT molecular complexity index is 456. The Labute approximate surface area is 121 Å². The average molecular weight is 332 g/mol. The second kappa shape index (κ2) is 5.88. The summed E-state index contributed by atoms with van der Waals surface area (Å²) in [5.74, 6) is -1.02. The van der Waals surface area contributed by atoms with Crippen molar-refractivity contribution in [2.45, 2.75) is 51.5 Å². The number of halogens is 3. The Morgan fingerprint density at radius 1 is 1.26 bits per heavy atom. The third kappa shape index (κ3) is 3.16. The van der Waals surface area contributed by atoms with Gasteiger partial charge in [-0.1, -0.05) is 26.2 Å². The van der Waals surface area contributed by atoms with Crippen LogP contribution in [0.4, 0.5) is 8.78 Å². The van der Waals surface area contributed by atoms with E-state index in [0.717, 1.165) is 25.7 Å². The highest BCUT2D eigenvalue weighted by atomic mass is 79.9. The van der Waals surface area contributed by atoms with Crippen molar-refractivity contribution in [2.75, 3.05) is 0 Å². The Kier molecular flexibility index (Phi) is 4.62. The third-order valence-corrected chi connectivity index (χ3v) is 5.07. The molecule has 0 bridgehead atoms. The fourth-order valence-corrected chi connectivity index (χ4v) is 3.32. The Morgan fingerprint density at radius 2 is 1.89 bits per heavy atom. The molecule has 1 atom stereocenters. The molecule has 0 heterocycles. The minimum atomic E-state index is -0.519. The van der Waals surface area contributed by atoms with Crippen LogP contribution in [0.5, 0.6) is 0 Å². The zero-order chi connectivity index (χ0) is 14.0. The summed E-state index contributed by atoms with van der Waals surface area (Å²) in [5.41, 5.74) is 6.36. The molecule has 1 nitrogen and oxygen atoms in total. The summed E-state index contributed by atoms with van der Waals surface area (Å²) in [6.07, 6.45) is 5.91. The number of benzene rings is 1. The summed E-state index contributed by atoms with van der Waals surface area (Å²) in [4.78, 5) is 0. The van der Waals surface area contributed by atoms with Crippen LogP contribution in [0.25, 0.3) is 0 Å². The van der Waals surface area contributed by atoms with Crippen LogP contribution in [0.3, 0.4) is 0 Å². The van der Waals surface area contributed by atoms with E-state index in [1.807, 2.05) is 0 Å². The van der Waals surface area contributed by atoms with Crippen molar-refractivity contribution in [2.24, 2.45) is 11.1 Å². The van der Waals surface area contributed by atoms with Gasteiger partial charge in [0.25, 0.3) is 0 Å². The number of rotatable bonds is 3. The van der Waals surface area contributed by atoms with Crippen LogP contribution in [0.1, 0.15) is 44.6 Å². The maximum absolute atomic E-state index is 14.0. The lowest BCUT2D eigenvalue weighted by Gasteiger charge is -2.39. The lowest BCUT2D eigenvalue weighted by atomic mass is 9.69. The monoisotopic (exact) mass is 331 g/mol. The first-order valence-electron chi connectivity index (χ1n) is 6.82. The SMILES string of the molecule is CC1(C(N)Cc2c(F)ccc(Br)c2F)CCCCC1. The quantitative estimate of drug-likeness (QED) is 0.807. The first-order chi connectivity index (χ1) is 8.94. The summed E-state index contributed by atoms with van der Waals surface area (Å²) >= 11 is 3.10. The Hall–Kier alpha value is -0.480. The van der Waals surface area contributed by atoms with Crippen molar-refractivity contribution < 1.29 is 8.78 Å². The molecule has 1 saturated carbocycles.